The highest BCUT2D eigenvalue weighted by Gasteiger charge is 2.34. The summed E-state index contributed by atoms with van der Waals surface area (Å²) < 4.78 is 0. The molecule has 6 nitrogen and oxygen atoms in total. The summed E-state index contributed by atoms with van der Waals surface area (Å²) in [6.45, 7) is 0.860. The Morgan fingerprint density at radius 2 is 2.08 bits per heavy atom. The number of aliphatic hydroxyl groups excluding tert-OH is 1. The minimum atomic E-state index is -0.380. The van der Waals surface area contributed by atoms with Crippen molar-refractivity contribution in [2.75, 3.05) is 18.4 Å². The molecule has 0 saturated carbocycles. The first-order valence-corrected chi connectivity index (χ1v) is 8.33. The Bertz CT molecular complexity index is 749. The van der Waals surface area contributed by atoms with E-state index in [2.05, 4.69) is 10.3 Å². The highest BCUT2D eigenvalue weighted by molar-refractivity contribution is 5.97. The molecule has 0 aliphatic carbocycles. The van der Waals surface area contributed by atoms with Crippen molar-refractivity contribution < 1.29 is 14.7 Å². The zero-order valence-electron chi connectivity index (χ0n) is 13.9. The number of anilines is 1. The maximum Gasteiger partial charge on any atom is 0.229 e. The van der Waals surface area contributed by atoms with Crippen molar-refractivity contribution in [1.29, 1.82) is 0 Å². The van der Waals surface area contributed by atoms with Crippen LogP contribution < -0.4 is 5.32 Å². The van der Waals surface area contributed by atoms with Crippen molar-refractivity contribution in [3.63, 3.8) is 0 Å². The molecule has 3 rings (SSSR count). The summed E-state index contributed by atoms with van der Waals surface area (Å²) in [5, 5.41) is 12.1. The Morgan fingerprint density at radius 1 is 1.28 bits per heavy atom. The molecule has 0 unspecified atom stereocenters. The van der Waals surface area contributed by atoms with Crippen LogP contribution >= 0.6 is 0 Å². The molecule has 130 valence electrons. The lowest BCUT2D eigenvalue weighted by molar-refractivity contribution is -0.128. The molecule has 1 aliphatic heterocycles. The number of carbonyl (C=O) groups excluding carboxylic acids is 2. The Morgan fingerprint density at radius 3 is 2.84 bits per heavy atom. The number of aliphatic hydroxyl groups is 1. The van der Waals surface area contributed by atoms with E-state index in [1.165, 1.54) is 11.8 Å². The lowest BCUT2D eigenvalue weighted by atomic mass is 10.1. The molecular formula is C19H21N3O3. The summed E-state index contributed by atoms with van der Waals surface area (Å²) in [7, 11) is 0. The van der Waals surface area contributed by atoms with E-state index in [9.17, 15) is 14.7 Å². The van der Waals surface area contributed by atoms with E-state index in [1.807, 2.05) is 30.3 Å². The maximum absolute atomic E-state index is 12.4. The number of benzene rings is 1. The topological polar surface area (TPSA) is 82.5 Å². The number of hydrogen-bond donors (Lipinski definition) is 2. The normalized spacial score (nSPS) is 16.9. The lowest BCUT2D eigenvalue weighted by Crippen LogP contribution is -2.30. The summed E-state index contributed by atoms with van der Waals surface area (Å²) in [6, 6.07) is 11.6. The molecule has 1 aromatic carbocycles. The average Bonchev–Trinajstić information content (AvgIpc) is 3.02. The van der Waals surface area contributed by atoms with Crippen LogP contribution in [-0.4, -0.2) is 39.9 Å². The fraction of sp³-hybridized carbons (Fsp3) is 0.316. The zero-order chi connectivity index (χ0) is 17.6. The van der Waals surface area contributed by atoms with Crippen LogP contribution in [0.25, 0.3) is 0 Å². The number of likely N-dealkylation sites (tertiary alicyclic amines) is 1. The molecule has 0 spiro atoms. The number of carbonyl (C=O) groups is 2. The fourth-order valence-electron chi connectivity index (χ4n) is 2.98. The molecule has 0 radical (unpaired) electrons. The first-order chi connectivity index (χ1) is 12.2. The average molecular weight is 339 g/mol. The molecule has 2 heterocycles. The van der Waals surface area contributed by atoms with Crippen molar-refractivity contribution >= 4 is 17.5 Å². The summed E-state index contributed by atoms with van der Waals surface area (Å²) >= 11 is 0. The molecule has 0 bridgehead atoms. The molecule has 2 aromatic rings. The van der Waals surface area contributed by atoms with Gasteiger partial charge in [0, 0.05) is 31.3 Å². The van der Waals surface area contributed by atoms with Crippen LogP contribution in [0.4, 0.5) is 5.69 Å². The van der Waals surface area contributed by atoms with Gasteiger partial charge in [-0.25, -0.2) is 0 Å². The minimum absolute atomic E-state index is 0.00431. The predicted molar refractivity (Wildman–Crippen MR) is 93.6 cm³/mol. The molecule has 1 atom stereocenters. The number of nitrogens with one attached hydrogen (secondary N) is 1. The Kier molecular flexibility index (Phi) is 5.40. The predicted octanol–water partition coefficient (Wildman–Crippen LogP) is 1.60. The quantitative estimate of drug-likeness (QED) is 0.837. The smallest absolute Gasteiger partial charge is 0.229 e. The van der Waals surface area contributed by atoms with Crippen LogP contribution in [0.15, 0.2) is 48.8 Å². The van der Waals surface area contributed by atoms with Gasteiger partial charge in [0.05, 0.1) is 24.4 Å². The zero-order valence-corrected chi connectivity index (χ0v) is 13.9. The van der Waals surface area contributed by atoms with Crippen LogP contribution in [0.3, 0.4) is 0 Å². The van der Waals surface area contributed by atoms with Crippen LogP contribution in [-0.2, 0) is 22.6 Å². The molecule has 1 aromatic heterocycles. The molecule has 6 heteroatoms. The van der Waals surface area contributed by atoms with Gasteiger partial charge in [0.1, 0.15) is 0 Å². The van der Waals surface area contributed by atoms with E-state index in [1.54, 1.807) is 17.2 Å². The summed E-state index contributed by atoms with van der Waals surface area (Å²) in [5.74, 6) is -0.585. The SMILES string of the molecule is O=C(Nc1cnccc1CO)[C@@H]1CC(=O)N(CCc2ccccc2)C1. The molecule has 2 amide bonds. The second-order valence-electron chi connectivity index (χ2n) is 6.16. The molecule has 1 saturated heterocycles. The van der Waals surface area contributed by atoms with Gasteiger partial charge in [-0.2, -0.15) is 0 Å². The van der Waals surface area contributed by atoms with Crippen molar-refractivity contribution in [2.24, 2.45) is 5.92 Å². The van der Waals surface area contributed by atoms with E-state index in [0.29, 0.717) is 24.3 Å². The lowest BCUT2D eigenvalue weighted by Gasteiger charge is -2.17. The third-order valence-corrected chi connectivity index (χ3v) is 4.44. The minimum Gasteiger partial charge on any atom is -0.392 e. The molecule has 1 fully saturated rings. The number of rotatable bonds is 6. The standard InChI is InChI=1S/C19H21N3O3/c23-13-15-6-8-20-11-17(15)21-19(25)16-10-18(24)22(12-16)9-7-14-4-2-1-3-5-14/h1-6,8,11,16,23H,7,9-10,12-13H2,(H,21,25)/t16-/m1/s1. The first-order valence-electron chi connectivity index (χ1n) is 8.33. The van der Waals surface area contributed by atoms with Gasteiger partial charge in [0.2, 0.25) is 11.8 Å². The van der Waals surface area contributed by atoms with Gasteiger partial charge in [-0.1, -0.05) is 30.3 Å². The monoisotopic (exact) mass is 339 g/mol. The van der Waals surface area contributed by atoms with Gasteiger partial charge in [-0.15, -0.1) is 0 Å². The molecular weight excluding hydrogens is 318 g/mol. The molecule has 2 N–H and O–H groups in total. The van der Waals surface area contributed by atoms with Crippen molar-refractivity contribution in [1.82, 2.24) is 9.88 Å². The van der Waals surface area contributed by atoms with Gasteiger partial charge in [-0.3, -0.25) is 14.6 Å². The van der Waals surface area contributed by atoms with E-state index < -0.39 is 0 Å². The van der Waals surface area contributed by atoms with Gasteiger partial charge in [0.15, 0.2) is 0 Å². The first kappa shape index (κ1) is 17.1. The molecule has 1 aliphatic rings. The van der Waals surface area contributed by atoms with Crippen molar-refractivity contribution in [3.05, 3.63) is 59.9 Å². The van der Waals surface area contributed by atoms with Crippen LogP contribution in [0, 0.1) is 5.92 Å². The van der Waals surface area contributed by atoms with Gasteiger partial charge in [0.25, 0.3) is 0 Å². The number of pyridine rings is 1. The Labute approximate surface area is 146 Å². The second kappa shape index (κ2) is 7.90. The molecule has 25 heavy (non-hydrogen) atoms. The van der Waals surface area contributed by atoms with Crippen molar-refractivity contribution in [2.45, 2.75) is 19.4 Å². The number of hydrogen-bond acceptors (Lipinski definition) is 4. The second-order valence-corrected chi connectivity index (χ2v) is 6.16. The highest BCUT2D eigenvalue weighted by Crippen LogP contribution is 2.21. The van der Waals surface area contributed by atoms with Gasteiger partial charge < -0.3 is 15.3 Å². The third kappa shape index (κ3) is 4.22. The van der Waals surface area contributed by atoms with Crippen LogP contribution in [0.5, 0.6) is 0 Å². The van der Waals surface area contributed by atoms with Crippen LogP contribution in [0.2, 0.25) is 0 Å². The summed E-state index contributed by atoms with van der Waals surface area (Å²) in [6.07, 6.45) is 4.06. The Balaban J connectivity index is 1.57. The van der Waals surface area contributed by atoms with E-state index in [0.717, 1.165) is 6.42 Å². The number of nitrogens with zero attached hydrogens (tertiary/aromatic N) is 2. The summed E-state index contributed by atoms with van der Waals surface area (Å²) in [5.41, 5.74) is 2.27. The fourth-order valence-corrected chi connectivity index (χ4v) is 2.98. The highest BCUT2D eigenvalue weighted by atomic mass is 16.3. The van der Waals surface area contributed by atoms with E-state index >= 15 is 0 Å². The van der Waals surface area contributed by atoms with E-state index in [4.69, 9.17) is 0 Å². The van der Waals surface area contributed by atoms with Crippen molar-refractivity contribution in [3.8, 4) is 0 Å². The largest absolute Gasteiger partial charge is 0.392 e. The van der Waals surface area contributed by atoms with Gasteiger partial charge in [-0.05, 0) is 18.1 Å². The van der Waals surface area contributed by atoms with Crippen LogP contribution in [0.1, 0.15) is 17.5 Å². The number of aromatic nitrogens is 1. The Hall–Kier alpha value is -2.73. The van der Waals surface area contributed by atoms with E-state index in [-0.39, 0.29) is 30.8 Å². The maximum atomic E-state index is 12.4. The number of amides is 2. The summed E-state index contributed by atoms with van der Waals surface area (Å²) in [4.78, 5) is 30.3. The van der Waals surface area contributed by atoms with Gasteiger partial charge >= 0.3 is 0 Å². The third-order valence-electron chi connectivity index (χ3n) is 4.44.